The van der Waals surface area contributed by atoms with Gasteiger partial charge in [-0.3, -0.25) is 4.79 Å². The third-order valence-corrected chi connectivity index (χ3v) is 3.15. The minimum Gasteiger partial charge on any atom is -0.444 e. The van der Waals surface area contributed by atoms with Gasteiger partial charge in [-0.15, -0.1) is 0 Å². The first kappa shape index (κ1) is 15.6. The van der Waals surface area contributed by atoms with Gasteiger partial charge in [0.1, 0.15) is 11.6 Å². The normalized spacial score (nSPS) is 17.8. The van der Waals surface area contributed by atoms with E-state index in [0.29, 0.717) is 5.56 Å². The number of ether oxygens (including phenoxy) is 1. The lowest BCUT2D eigenvalue weighted by atomic mass is 9.99. The average Bonchev–Trinajstić information content (AvgIpc) is 2.34. The van der Waals surface area contributed by atoms with Gasteiger partial charge in [0, 0.05) is 6.42 Å². The number of benzene rings is 1. The maximum atomic E-state index is 13.8. The molecule has 0 radical (unpaired) electrons. The topological polar surface area (TPSA) is 67.4 Å². The van der Waals surface area contributed by atoms with Crippen LogP contribution < -0.4 is 10.6 Å². The van der Waals surface area contributed by atoms with Gasteiger partial charge in [0.05, 0.1) is 10.7 Å². The van der Waals surface area contributed by atoms with Gasteiger partial charge in [0.25, 0.3) is 0 Å². The van der Waals surface area contributed by atoms with Crippen LogP contribution in [0.4, 0.5) is 14.9 Å². The number of nitrogens with one attached hydrogen (secondary N) is 2. The molecule has 5 nitrogen and oxygen atoms in total. The fraction of sp³-hybridized carbons (Fsp3) is 0.429. The summed E-state index contributed by atoms with van der Waals surface area (Å²) in [4.78, 5) is 23.6. The zero-order chi connectivity index (χ0) is 15.8. The van der Waals surface area contributed by atoms with Gasteiger partial charge in [-0.1, -0.05) is 17.7 Å². The fourth-order valence-corrected chi connectivity index (χ4v) is 2.14. The van der Waals surface area contributed by atoms with Crippen LogP contribution in [0.15, 0.2) is 12.1 Å². The monoisotopic (exact) mass is 314 g/mol. The van der Waals surface area contributed by atoms with Crippen LogP contribution in [0.25, 0.3) is 0 Å². The molecule has 0 unspecified atom stereocenters. The van der Waals surface area contributed by atoms with E-state index in [4.69, 9.17) is 16.3 Å². The third-order valence-electron chi connectivity index (χ3n) is 2.86. The molecule has 0 aromatic heterocycles. The maximum Gasteiger partial charge on any atom is 0.408 e. The Labute approximate surface area is 126 Å². The van der Waals surface area contributed by atoms with Crippen LogP contribution in [0.5, 0.6) is 0 Å². The van der Waals surface area contributed by atoms with E-state index in [2.05, 4.69) is 10.6 Å². The van der Waals surface area contributed by atoms with Crippen molar-refractivity contribution in [3.63, 3.8) is 0 Å². The Morgan fingerprint density at radius 1 is 1.48 bits per heavy atom. The van der Waals surface area contributed by atoms with E-state index < -0.39 is 29.5 Å². The van der Waals surface area contributed by atoms with Crippen LogP contribution >= 0.6 is 11.6 Å². The van der Waals surface area contributed by atoms with E-state index in [-0.39, 0.29) is 17.1 Å². The van der Waals surface area contributed by atoms with E-state index in [0.717, 1.165) is 0 Å². The summed E-state index contributed by atoms with van der Waals surface area (Å²) in [5.74, 6) is -1.17. The van der Waals surface area contributed by atoms with Crippen molar-refractivity contribution in [2.24, 2.45) is 0 Å². The zero-order valence-electron chi connectivity index (χ0n) is 11.9. The number of carbonyl (C=O) groups is 2. The first-order valence-electron chi connectivity index (χ1n) is 6.44. The molecule has 1 aliphatic rings. The summed E-state index contributed by atoms with van der Waals surface area (Å²) in [5.41, 5.74) is -0.0282. The van der Waals surface area contributed by atoms with Crippen LogP contribution in [0.3, 0.4) is 0 Å². The number of alkyl carbamates (subject to hydrolysis) is 1. The number of hydrogen-bond donors (Lipinski definition) is 2. The zero-order valence-corrected chi connectivity index (χ0v) is 12.7. The molecule has 0 aliphatic carbocycles. The lowest BCUT2D eigenvalue weighted by molar-refractivity contribution is -0.118. The van der Waals surface area contributed by atoms with E-state index >= 15 is 0 Å². The SMILES string of the molecule is CC(C)(C)OC(=O)N[C@@H]1Cc2ccc(Cl)c(F)c2NC1=O. The van der Waals surface area contributed by atoms with Crippen molar-refractivity contribution in [3.8, 4) is 0 Å². The van der Waals surface area contributed by atoms with E-state index in [1.54, 1.807) is 26.8 Å². The second-order valence-corrected chi connectivity index (χ2v) is 6.19. The third kappa shape index (κ3) is 3.64. The van der Waals surface area contributed by atoms with Crippen LogP contribution in [-0.2, 0) is 16.0 Å². The van der Waals surface area contributed by atoms with E-state index in [1.807, 2.05) is 0 Å². The molecule has 0 saturated heterocycles. The lowest BCUT2D eigenvalue weighted by Gasteiger charge is -2.27. The van der Waals surface area contributed by atoms with Gasteiger partial charge in [-0.25, -0.2) is 9.18 Å². The van der Waals surface area contributed by atoms with Gasteiger partial charge >= 0.3 is 6.09 Å². The Morgan fingerprint density at radius 3 is 2.76 bits per heavy atom. The first-order valence-corrected chi connectivity index (χ1v) is 6.82. The number of fused-ring (bicyclic) bond motifs is 1. The predicted octanol–water partition coefficient (Wildman–Crippen LogP) is 2.87. The van der Waals surface area contributed by atoms with Gasteiger partial charge in [-0.05, 0) is 32.4 Å². The first-order chi connectivity index (χ1) is 9.67. The highest BCUT2D eigenvalue weighted by atomic mass is 35.5. The van der Waals surface area contributed by atoms with Crippen molar-refractivity contribution in [1.29, 1.82) is 0 Å². The fourth-order valence-electron chi connectivity index (χ4n) is 1.99. The Morgan fingerprint density at radius 2 is 2.14 bits per heavy atom. The molecule has 1 aliphatic heterocycles. The highest BCUT2D eigenvalue weighted by Crippen LogP contribution is 2.30. The molecule has 0 bridgehead atoms. The second kappa shape index (κ2) is 5.52. The summed E-state index contributed by atoms with van der Waals surface area (Å²) in [7, 11) is 0. The summed E-state index contributed by atoms with van der Waals surface area (Å²) < 4.78 is 18.9. The molecule has 1 aromatic carbocycles. The quantitative estimate of drug-likeness (QED) is 0.837. The molecule has 0 fully saturated rings. The molecule has 0 saturated carbocycles. The van der Waals surface area contributed by atoms with Crippen LogP contribution in [0.1, 0.15) is 26.3 Å². The van der Waals surface area contributed by atoms with Crippen LogP contribution in [0, 0.1) is 5.82 Å². The molecule has 1 aromatic rings. The molecule has 0 spiro atoms. The minimum atomic E-state index is -0.812. The standard InChI is InChI=1S/C14H16ClFN2O3/c1-14(2,3)21-13(20)17-9-6-7-4-5-8(15)10(16)11(7)18-12(9)19/h4-5,9H,6H2,1-3H3,(H,17,20)(H,18,19)/t9-/m1/s1. The lowest BCUT2D eigenvalue weighted by Crippen LogP contribution is -2.49. The smallest absolute Gasteiger partial charge is 0.408 e. The summed E-state index contributed by atoms with van der Waals surface area (Å²) in [6.45, 7) is 5.17. The summed E-state index contributed by atoms with van der Waals surface area (Å²) in [6.07, 6.45) is -0.519. The summed E-state index contributed by atoms with van der Waals surface area (Å²) >= 11 is 5.67. The number of anilines is 1. The summed E-state index contributed by atoms with van der Waals surface area (Å²) in [6, 6.07) is 2.22. The summed E-state index contributed by atoms with van der Waals surface area (Å²) in [5, 5.41) is 4.83. The van der Waals surface area contributed by atoms with Gasteiger partial charge in [0.15, 0.2) is 5.82 Å². The minimum absolute atomic E-state index is 0.0624. The Hall–Kier alpha value is -1.82. The number of rotatable bonds is 1. The Kier molecular flexibility index (Phi) is 4.09. The van der Waals surface area contributed by atoms with Crippen molar-refractivity contribution >= 4 is 29.3 Å². The van der Waals surface area contributed by atoms with Crippen molar-refractivity contribution in [1.82, 2.24) is 5.32 Å². The number of amides is 2. The van der Waals surface area contributed by atoms with Gasteiger partial charge in [-0.2, -0.15) is 0 Å². The largest absolute Gasteiger partial charge is 0.444 e. The molecule has 21 heavy (non-hydrogen) atoms. The number of hydrogen-bond acceptors (Lipinski definition) is 3. The molecule has 1 atom stereocenters. The van der Waals surface area contributed by atoms with Crippen molar-refractivity contribution in [2.45, 2.75) is 38.8 Å². The Bertz CT molecular complexity index is 599. The molecule has 7 heteroatoms. The Balaban J connectivity index is 2.13. The molecular formula is C14H16ClFN2O3. The van der Waals surface area contributed by atoms with Crippen molar-refractivity contribution < 1.29 is 18.7 Å². The molecule has 2 N–H and O–H groups in total. The van der Waals surface area contributed by atoms with E-state index in [1.165, 1.54) is 6.07 Å². The average molecular weight is 315 g/mol. The molecule has 1 heterocycles. The van der Waals surface area contributed by atoms with Gasteiger partial charge in [0.2, 0.25) is 5.91 Å². The number of carbonyl (C=O) groups excluding carboxylic acids is 2. The van der Waals surface area contributed by atoms with Crippen molar-refractivity contribution in [3.05, 3.63) is 28.5 Å². The van der Waals surface area contributed by atoms with Gasteiger partial charge < -0.3 is 15.4 Å². The second-order valence-electron chi connectivity index (χ2n) is 5.79. The highest BCUT2D eigenvalue weighted by Gasteiger charge is 2.31. The maximum absolute atomic E-state index is 13.8. The van der Waals surface area contributed by atoms with Crippen LogP contribution in [-0.4, -0.2) is 23.6 Å². The van der Waals surface area contributed by atoms with Crippen LogP contribution in [0.2, 0.25) is 5.02 Å². The van der Waals surface area contributed by atoms with Crippen molar-refractivity contribution in [2.75, 3.05) is 5.32 Å². The van der Waals surface area contributed by atoms with E-state index in [9.17, 15) is 14.0 Å². The molecular weight excluding hydrogens is 299 g/mol. The molecule has 2 amide bonds. The highest BCUT2D eigenvalue weighted by molar-refractivity contribution is 6.31. The molecule has 2 rings (SSSR count). The predicted molar refractivity (Wildman–Crippen MR) is 76.9 cm³/mol. The molecule has 114 valence electrons. The number of halogens is 2.